The summed E-state index contributed by atoms with van der Waals surface area (Å²) in [6.45, 7) is 0. The third kappa shape index (κ3) is 2.32. The summed E-state index contributed by atoms with van der Waals surface area (Å²) < 4.78 is 3.57. The molecular weight excluding hydrogens is 306 g/mol. The van der Waals surface area contributed by atoms with Gasteiger partial charge in [0, 0.05) is 12.6 Å². The van der Waals surface area contributed by atoms with E-state index in [-0.39, 0.29) is 5.56 Å². The van der Waals surface area contributed by atoms with E-state index in [9.17, 15) is 4.79 Å². The maximum absolute atomic E-state index is 10.9. The lowest BCUT2D eigenvalue weighted by atomic mass is 10.1. The molecule has 0 saturated heterocycles. The van der Waals surface area contributed by atoms with E-state index >= 15 is 0 Å². The second kappa shape index (κ2) is 5.31. The number of benzene rings is 2. The van der Waals surface area contributed by atoms with Crippen molar-refractivity contribution in [1.29, 1.82) is 0 Å². The number of carboxylic acids is 1. The third-order valence-corrected chi connectivity index (χ3v) is 3.89. The predicted molar refractivity (Wildman–Crippen MR) is 88.0 cm³/mol. The average molecular weight is 319 g/mol. The minimum Gasteiger partial charge on any atom is -0.478 e. The summed E-state index contributed by atoms with van der Waals surface area (Å²) in [7, 11) is 1.95. The number of hydrogen-bond acceptors (Lipinski definition) is 4. The van der Waals surface area contributed by atoms with Gasteiger partial charge in [-0.05, 0) is 36.4 Å². The SMILES string of the molecule is Cn1cnc2cc(-c3cn(-c4ccc(C(=O)O)cc4)nn3)ccc21. The molecule has 0 aliphatic carbocycles. The molecule has 0 aliphatic rings. The predicted octanol–water partition coefficient (Wildman–Crippen LogP) is 2.52. The molecule has 24 heavy (non-hydrogen) atoms. The van der Waals surface area contributed by atoms with Gasteiger partial charge in [0.25, 0.3) is 0 Å². The van der Waals surface area contributed by atoms with Crippen LogP contribution in [0.2, 0.25) is 0 Å². The fourth-order valence-corrected chi connectivity index (χ4v) is 2.57. The number of aromatic carboxylic acids is 1. The number of imidazole rings is 1. The minimum atomic E-state index is -0.954. The molecule has 0 saturated carbocycles. The molecule has 1 N–H and O–H groups in total. The molecule has 2 aromatic carbocycles. The zero-order chi connectivity index (χ0) is 16.7. The summed E-state index contributed by atoms with van der Waals surface area (Å²) in [6, 6.07) is 12.4. The molecule has 2 heterocycles. The number of rotatable bonds is 3. The highest BCUT2D eigenvalue weighted by molar-refractivity contribution is 5.87. The van der Waals surface area contributed by atoms with Crippen LogP contribution >= 0.6 is 0 Å². The van der Waals surface area contributed by atoms with Crippen LogP contribution in [-0.4, -0.2) is 35.6 Å². The van der Waals surface area contributed by atoms with E-state index < -0.39 is 5.97 Å². The van der Waals surface area contributed by atoms with Crippen molar-refractivity contribution in [3.8, 4) is 16.9 Å². The largest absolute Gasteiger partial charge is 0.478 e. The number of aryl methyl sites for hydroxylation is 1. The van der Waals surface area contributed by atoms with Crippen LogP contribution < -0.4 is 0 Å². The summed E-state index contributed by atoms with van der Waals surface area (Å²) in [6.07, 6.45) is 3.58. The van der Waals surface area contributed by atoms with Gasteiger partial charge in [0.2, 0.25) is 0 Å². The maximum Gasteiger partial charge on any atom is 0.335 e. The third-order valence-electron chi connectivity index (χ3n) is 3.89. The Morgan fingerprint density at radius 1 is 1.12 bits per heavy atom. The van der Waals surface area contributed by atoms with Gasteiger partial charge in [-0.1, -0.05) is 11.3 Å². The normalized spacial score (nSPS) is 11.0. The number of carbonyl (C=O) groups is 1. The van der Waals surface area contributed by atoms with Crippen molar-refractivity contribution in [1.82, 2.24) is 24.5 Å². The minimum absolute atomic E-state index is 0.236. The van der Waals surface area contributed by atoms with E-state index in [4.69, 9.17) is 5.11 Å². The van der Waals surface area contributed by atoms with E-state index in [1.165, 1.54) is 0 Å². The monoisotopic (exact) mass is 319 g/mol. The Bertz CT molecular complexity index is 1050. The van der Waals surface area contributed by atoms with Gasteiger partial charge in [-0.2, -0.15) is 0 Å². The Morgan fingerprint density at radius 3 is 2.67 bits per heavy atom. The molecule has 0 spiro atoms. The average Bonchev–Trinajstić information content (AvgIpc) is 3.22. The summed E-state index contributed by atoms with van der Waals surface area (Å²) in [5.74, 6) is -0.954. The first-order valence-corrected chi connectivity index (χ1v) is 7.29. The van der Waals surface area contributed by atoms with Crippen molar-refractivity contribution in [2.75, 3.05) is 0 Å². The number of carboxylic acid groups (broad SMARTS) is 1. The molecule has 0 aliphatic heterocycles. The fourth-order valence-electron chi connectivity index (χ4n) is 2.57. The lowest BCUT2D eigenvalue weighted by Crippen LogP contribution is -1.98. The van der Waals surface area contributed by atoms with Gasteiger partial charge >= 0.3 is 5.97 Å². The lowest BCUT2D eigenvalue weighted by molar-refractivity contribution is 0.0697. The van der Waals surface area contributed by atoms with Gasteiger partial charge in [-0.15, -0.1) is 5.10 Å². The Morgan fingerprint density at radius 2 is 1.92 bits per heavy atom. The number of hydrogen-bond donors (Lipinski definition) is 1. The van der Waals surface area contributed by atoms with E-state index in [1.807, 2.05) is 29.8 Å². The van der Waals surface area contributed by atoms with Crippen LogP contribution in [0.1, 0.15) is 10.4 Å². The summed E-state index contributed by atoms with van der Waals surface area (Å²) >= 11 is 0. The summed E-state index contributed by atoms with van der Waals surface area (Å²) in [5, 5.41) is 17.3. The van der Waals surface area contributed by atoms with Crippen LogP contribution in [0.5, 0.6) is 0 Å². The van der Waals surface area contributed by atoms with E-state index in [2.05, 4.69) is 15.3 Å². The van der Waals surface area contributed by atoms with E-state index in [0.717, 1.165) is 28.0 Å². The summed E-state index contributed by atoms with van der Waals surface area (Å²) in [4.78, 5) is 15.3. The molecule has 0 radical (unpaired) electrons. The van der Waals surface area contributed by atoms with Crippen molar-refractivity contribution in [2.24, 2.45) is 7.05 Å². The van der Waals surface area contributed by atoms with E-state index in [0.29, 0.717) is 0 Å². The van der Waals surface area contributed by atoms with Gasteiger partial charge in [0.15, 0.2) is 0 Å². The lowest BCUT2D eigenvalue weighted by Gasteiger charge is -2.00. The fraction of sp³-hybridized carbons (Fsp3) is 0.0588. The molecule has 118 valence electrons. The molecule has 0 fully saturated rings. The Labute approximate surface area is 136 Å². The highest BCUT2D eigenvalue weighted by Gasteiger charge is 2.09. The highest BCUT2D eigenvalue weighted by atomic mass is 16.4. The number of aromatic nitrogens is 5. The molecule has 7 nitrogen and oxygen atoms in total. The second-order valence-electron chi connectivity index (χ2n) is 5.46. The number of fused-ring (bicyclic) bond motifs is 1. The smallest absolute Gasteiger partial charge is 0.335 e. The molecule has 0 atom stereocenters. The Kier molecular flexibility index (Phi) is 3.13. The van der Waals surface area contributed by atoms with Crippen LogP contribution in [-0.2, 0) is 7.05 Å². The molecular formula is C17H13N5O2. The van der Waals surface area contributed by atoms with Crippen molar-refractivity contribution in [3.63, 3.8) is 0 Å². The topological polar surface area (TPSA) is 85.8 Å². The van der Waals surface area contributed by atoms with Crippen molar-refractivity contribution in [2.45, 2.75) is 0 Å². The van der Waals surface area contributed by atoms with Gasteiger partial charge in [-0.25, -0.2) is 14.5 Å². The van der Waals surface area contributed by atoms with Crippen LogP contribution in [0.3, 0.4) is 0 Å². The van der Waals surface area contributed by atoms with Crippen LogP contribution in [0.25, 0.3) is 28.0 Å². The van der Waals surface area contributed by atoms with Crippen molar-refractivity contribution in [3.05, 3.63) is 60.6 Å². The van der Waals surface area contributed by atoms with Crippen LogP contribution in [0.15, 0.2) is 55.0 Å². The Hall–Kier alpha value is -3.48. The van der Waals surface area contributed by atoms with Gasteiger partial charge in [0.05, 0.1) is 34.8 Å². The van der Waals surface area contributed by atoms with Gasteiger partial charge in [-0.3, -0.25) is 0 Å². The first kappa shape index (κ1) is 14.1. The number of nitrogens with zero attached hydrogens (tertiary/aromatic N) is 5. The molecule has 0 bridgehead atoms. The van der Waals surface area contributed by atoms with Gasteiger partial charge < -0.3 is 9.67 Å². The molecule has 4 rings (SSSR count). The van der Waals surface area contributed by atoms with Crippen molar-refractivity contribution < 1.29 is 9.90 Å². The first-order valence-electron chi connectivity index (χ1n) is 7.29. The standard InChI is InChI=1S/C17H13N5O2/c1-21-10-18-14-8-12(4-7-16(14)21)15-9-22(20-19-15)13-5-2-11(3-6-13)17(23)24/h2-10H,1H3,(H,23,24). The van der Waals surface area contributed by atoms with Crippen molar-refractivity contribution >= 4 is 17.0 Å². The molecule has 4 aromatic rings. The maximum atomic E-state index is 10.9. The quantitative estimate of drug-likeness (QED) is 0.627. The Balaban J connectivity index is 1.69. The van der Waals surface area contributed by atoms with Crippen LogP contribution in [0, 0.1) is 0 Å². The molecule has 0 amide bonds. The summed E-state index contributed by atoms with van der Waals surface area (Å²) in [5.41, 5.74) is 4.59. The zero-order valence-corrected chi connectivity index (χ0v) is 12.8. The van der Waals surface area contributed by atoms with Crippen LogP contribution in [0.4, 0.5) is 0 Å². The second-order valence-corrected chi connectivity index (χ2v) is 5.46. The first-order chi connectivity index (χ1) is 11.6. The zero-order valence-electron chi connectivity index (χ0n) is 12.8. The van der Waals surface area contributed by atoms with E-state index in [1.54, 1.807) is 41.5 Å². The molecule has 0 unspecified atom stereocenters. The highest BCUT2D eigenvalue weighted by Crippen LogP contribution is 2.22. The van der Waals surface area contributed by atoms with Gasteiger partial charge in [0.1, 0.15) is 5.69 Å². The molecule has 2 aromatic heterocycles. The molecule has 7 heteroatoms.